The van der Waals surface area contributed by atoms with Crippen LogP contribution in [0.15, 0.2) is 53.7 Å². The number of hydrogen-bond donors (Lipinski definition) is 0. The predicted octanol–water partition coefficient (Wildman–Crippen LogP) is 3.81. The van der Waals surface area contributed by atoms with Gasteiger partial charge in [0.15, 0.2) is 5.65 Å². The van der Waals surface area contributed by atoms with E-state index in [1.807, 2.05) is 13.0 Å². The second kappa shape index (κ2) is 6.17. The van der Waals surface area contributed by atoms with Crippen molar-refractivity contribution in [3.8, 4) is 11.5 Å². The number of benzene rings is 1. The van der Waals surface area contributed by atoms with Crippen molar-refractivity contribution in [2.24, 2.45) is 0 Å². The Labute approximate surface area is 149 Å². The molecule has 25 heavy (non-hydrogen) atoms. The van der Waals surface area contributed by atoms with Crippen molar-refractivity contribution in [3.05, 3.63) is 59.9 Å². The molecule has 0 aliphatic heterocycles. The van der Waals surface area contributed by atoms with Gasteiger partial charge in [0, 0.05) is 17.8 Å². The highest BCUT2D eigenvalue weighted by atomic mass is 32.2. The van der Waals surface area contributed by atoms with E-state index in [4.69, 9.17) is 0 Å². The maximum Gasteiger partial charge on any atom is 0.269 e. The number of aryl methyl sites for hydroxylation is 1. The van der Waals surface area contributed by atoms with Crippen LogP contribution in [-0.4, -0.2) is 25.4 Å². The number of hydrogen-bond acceptors (Lipinski definition) is 3. The third-order valence-electron chi connectivity index (χ3n) is 3.68. The molecule has 3 rings (SSSR count). The maximum atomic E-state index is 13.1. The fourth-order valence-electron chi connectivity index (χ4n) is 2.39. The van der Waals surface area contributed by atoms with Crippen molar-refractivity contribution >= 4 is 29.1 Å². The van der Waals surface area contributed by atoms with Crippen molar-refractivity contribution in [1.82, 2.24) is 8.96 Å². The Morgan fingerprint density at radius 3 is 2.40 bits per heavy atom. The number of rotatable bonds is 2. The van der Waals surface area contributed by atoms with Crippen LogP contribution in [0, 0.1) is 18.4 Å². The predicted molar refractivity (Wildman–Crippen MR) is 104 cm³/mol. The lowest BCUT2D eigenvalue weighted by molar-refractivity contribution is 0.588. The molecule has 128 valence electrons. The van der Waals surface area contributed by atoms with Crippen LogP contribution in [-0.2, 0) is 10.0 Å². The molecule has 2 aromatic heterocycles. The molecule has 2 heterocycles. The molecular weight excluding hydrogens is 348 g/mol. The zero-order valence-corrected chi connectivity index (χ0v) is 16.6. The molecule has 1 aromatic carbocycles. The highest BCUT2D eigenvalue weighted by molar-refractivity contribution is 7.90. The van der Waals surface area contributed by atoms with E-state index in [2.05, 4.69) is 36.1 Å². The van der Waals surface area contributed by atoms with Crippen LogP contribution < -0.4 is 0 Å². The van der Waals surface area contributed by atoms with Gasteiger partial charge in [-0.1, -0.05) is 43.3 Å². The van der Waals surface area contributed by atoms with Crippen LogP contribution in [0.3, 0.4) is 0 Å². The topological polar surface area (TPSA) is 52.0 Å². The van der Waals surface area contributed by atoms with Crippen LogP contribution in [0.1, 0.15) is 11.1 Å². The molecule has 0 bridgehead atoms. The van der Waals surface area contributed by atoms with Crippen molar-refractivity contribution < 1.29 is 8.42 Å². The van der Waals surface area contributed by atoms with Crippen molar-refractivity contribution in [1.29, 1.82) is 0 Å². The lowest BCUT2D eigenvalue weighted by Crippen LogP contribution is -2.16. The normalized spacial score (nSPS) is 12.0. The van der Waals surface area contributed by atoms with Gasteiger partial charge in [0.1, 0.15) is 8.07 Å². The van der Waals surface area contributed by atoms with Crippen molar-refractivity contribution in [3.63, 3.8) is 0 Å². The van der Waals surface area contributed by atoms with E-state index in [-0.39, 0.29) is 4.90 Å². The standard InChI is InChI=1S/C19H20N2O2SSi/c1-15-7-9-17(10-8-15)24(22,23)21-14-16(11-13-25(2,3)4)18-6-5-12-20-19(18)21/h5-10,12,14H,1-4H3. The van der Waals surface area contributed by atoms with Gasteiger partial charge in [0.2, 0.25) is 0 Å². The lowest BCUT2D eigenvalue weighted by Gasteiger charge is -2.07. The molecule has 0 radical (unpaired) electrons. The smallest absolute Gasteiger partial charge is 0.237 e. The number of aromatic nitrogens is 2. The van der Waals surface area contributed by atoms with Gasteiger partial charge < -0.3 is 0 Å². The van der Waals surface area contributed by atoms with Crippen LogP contribution in [0.5, 0.6) is 0 Å². The van der Waals surface area contributed by atoms with E-state index in [1.54, 1.807) is 42.7 Å². The van der Waals surface area contributed by atoms with E-state index in [0.717, 1.165) is 10.9 Å². The monoisotopic (exact) mass is 368 g/mol. The molecule has 0 fully saturated rings. The van der Waals surface area contributed by atoms with Gasteiger partial charge in [-0.2, -0.15) is 0 Å². The zero-order chi connectivity index (χ0) is 18.2. The zero-order valence-electron chi connectivity index (χ0n) is 14.7. The van der Waals surface area contributed by atoms with Crippen LogP contribution in [0.25, 0.3) is 11.0 Å². The van der Waals surface area contributed by atoms with Crippen molar-refractivity contribution in [2.45, 2.75) is 31.5 Å². The summed E-state index contributed by atoms with van der Waals surface area (Å²) >= 11 is 0. The summed E-state index contributed by atoms with van der Waals surface area (Å²) < 4.78 is 27.4. The first-order valence-electron chi connectivity index (χ1n) is 8.00. The van der Waals surface area contributed by atoms with Gasteiger partial charge in [-0.05, 0) is 31.2 Å². The quantitative estimate of drug-likeness (QED) is 0.510. The summed E-state index contributed by atoms with van der Waals surface area (Å²) in [5.41, 5.74) is 5.41. The van der Waals surface area contributed by atoms with E-state index >= 15 is 0 Å². The molecule has 0 atom stereocenters. The highest BCUT2D eigenvalue weighted by Crippen LogP contribution is 2.24. The Kier molecular flexibility index (Phi) is 4.31. The minimum Gasteiger partial charge on any atom is -0.237 e. The van der Waals surface area contributed by atoms with E-state index in [0.29, 0.717) is 11.2 Å². The Hall–Kier alpha value is -2.36. The van der Waals surface area contributed by atoms with E-state index in [1.165, 1.54) is 3.97 Å². The fraction of sp³-hybridized carbons (Fsp3) is 0.211. The van der Waals surface area contributed by atoms with Crippen LogP contribution in [0.4, 0.5) is 0 Å². The van der Waals surface area contributed by atoms with E-state index < -0.39 is 18.1 Å². The number of pyridine rings is 1. The second-order valence-corrected chi connectivity index (χ2v) is 13.6. The Morgan fingerprint density at radius 1 is 1.08 bits per heavy atom. The highest BCUT2D eigenvalue weighted by Gasteiger charge is 2.21. The average molecular weight is 369 g/mol. The molecule has 3 aromatic rings. The Morgan fingerprint density at radius 2 is 1.76 bits per heavy atom. The second-order valence-electron chi connectivity index (χ2n) is 7.03. The third-order valence-corrected chi connectivity index (χ3v) is 6.22. The maximum absolute atomic E-state index is 13.1. The Balaban J connectivity index is 2.23. The first-order valence-corrected chi connectivity index (χ1v) is 12.9. The summed E-state index contributed by atoms with van der Waals surface area (Å²) in [6.07, 6.45) is 3.18. The average Bonchev–Trinajstić information content (AvgIpc) is 2.92. The van der Waals surface area contributed by atoms with Crippen LogP contribution in [0.2, 0.25) is 19.6 Å². The van der Waals surface area contributed by atoms with Crippen LogP contribution >= 0.6 is 0 Å². The molecular formula is C19H20N2O2SSi. The fourth-order valence-corrected chi connectivity index (χ4v) is 4.23. The Bertz CT molecular complexity index is 1100. The summed E-state index contributed by atoms with van der Waals surface area (Å²) in [7, 11) is -5.29. The first-order chi connectivity index (χ1) is 11.7. The minimum atomic E-state index is -3.72. The molecule has 0 saturated heterocycles. The molecule has 0 amide bonds. The summed E-state index contributed by atoms with van der Waals surface area (Å²) in [6.45, 7) is 8.38. The molecule has 6 heteroatoms. The SMILES string of the molecule is Cc1ccc(S(=O)(=O)n2cc(C#C[Si](C)(C)C)c3cccnc32)cc1. The molecule has 4 nitrogen and oxygen atoms in total. The van der Waals surface area contributed by atoms with Gasteiger partial charge in [-0.25, -0.2) is 17.4 Å². The largest absolute Gasteiger partial charge is 0.269 e. The van der Waals surface area contributed by atoms with E-state index in [9.17, 15) is 8.42 Å². The molecule has 0 spiro atoms. The van der Waals surface area contributed by atoms with Gasteiger partial charge >= 0.3 is 0 Å². The molecule has 0 aliphatic rings. The molecule has 0 saturated carbocycles. The summed E-state index contributed by atoms with van der Waals surface area (Å²) in [5, 5.41) is 0.754. The summed E-state index contributed by atoms with van der Waals surface area (Å²) in [5.74, 6) is 3.17. The first kappa shape index (κ1) is 17.5. The molecule has 0 N–H and O–H groups in total. The number of fused-ring (bicyclic) bond motifs is 1. The van der Waals surface area contributed by atoms with Gasteiger partial charge in [0.05, 0.1) is 10.5 Å². The van der Waals surface area contributed by atoms with Gasteiger partial charge in [-0.3, -0.25) is 0 Å². The molecule has 0 aliphatic carbocycles. The van der Waals surface area contributed by atoms with Gasteiger partial charge in [0.25, 0.3) is 10.0 Å². The molecule has 0 unspecified atom stereocenters. The number of nitrogens with zero attached hydrogens (tertiary/aromatic N) is 2. The van der Waals surface area contributed by atoms with Gasteiger partial charge in [-0.15, -0.1) is 5.54 Å². The lowest BCUT2D eigenvalue weighted by atomic mass is 10.2. The third kappa shape index (κ3) is 3.53. The van der Waals surface area contributed by atoms with Crippen molar-refractivity contribution in [2.75, 3.05) is 0 Å². The summed E-state index contributed by atoms with van der Waals surface area (Å²) in [4.78, 5) is 4.52. The summed E-state index contributed by atoms with van der Waals surface area (Å²) in [6, 6.07) is 10.5. The minimum absolute atomic E-state index is 0.241.